The largest absolute Gasteiger partial charge is 0.323 e. The van der Waals surface area contributed by atoms with Crippen molar-refractivity contribution in [3.05, 3.63) is 29.8 Å². The summed E-state index contributed by atoms with van der Waals surface area (Å²) in [5.74, 6) is 1.06. The second-order valence-corrected chi connectivity index (χ2v) is 4.77. The van der Waals surface area contributed by atoms with E-state index in [1.807, 2.05) is 24.3 Å². The van der Waals surface area contributed by atoms with Crippen LogP contribution in [0.25, 0.3) is 0 Å². The van der Waals surface area contributed by atoms with E-state index >= 15 is 0 Å². The van der Waals surface area contributed by atoms with Gasteiger partial charge in [-0.05, 0) is 6.07 Å². The summed E-state index contributed by atoms with van der Waals surface area (Å²) < 4.78 is 0. The first-order valence-electron chi connectivity index (χ1n) is 4.63. The Balaban J connectivity index is 2.18. The van der Waals surface area contributed by atoms with E-state index in [1.165, 1.54) is 0 Å². The number of hydrogen-bond acceptors (Lipinski definition) is 3. The summed E-state index contributed by atoms with van der Waals surface area (Å²) in [7, 11) is 0. The van der Waals surface area contributed by atoms with Crippen LogP contribution in [-0.2, 0) is 9.67 Å². The van der Waals surface area contributed by atoms with E-state index in [4.69, 9.17) is 0 Å². The van der Waals surface area contributed by atoms with Gasteiger partial charge in [0.15, 0.2) is 4.87 Å². The van der Waals surface area contributed by atoms with Crippen LogP contribution in [0.3, 0.4) is 0 Å². The highest BCUT2D eigenvalue weighted by Gasteiger charge is 2.49. The van der Waals surface area contributed by atoms with Gasteiger partial charge in [-0.3, -0.25) is 10.1 Å². The van der Waals surface area contributed by atoms with Crippen molar-refractivity contribution >= 4 is 23.4 Å². The van der Waals surface area contributed by atoms with E-state index in [0.29, 0.717) is 0 Å². The van der Waals surface area contributed by atoms with Crippen molar-refractivity contribution in [2.45, 2.75) is 4.87 Å². The molecule has 0 saturated carbocycles. The number of carbonyl (C=O) groups is 1. The zero-order chi connectivity index (χ0) is 9.60. The molecule has 1 amide bonds. The highest BCUT2D eigenvalue weighted by molar-refractivity contribution is 8.01. The summed E-state index contributed by atoms with van der Waals surface area (Å²) in [5, 5.41) is 6.20. The number of amides is 1. The van der Waals surface area contributed by atoms with E-state index in [1.54, 1.807) is 11.8 Å². The molecule has 0 aliphatic carbocycles. The molecule has 14 heavy (non-hydrogen) atoms. The van der Waals surface area contributed by atoms with Crippen LogP contribution in [0.15, 0.2) is 24.3 Å². The lowest BCUT2D eigenvalue weighted by molar-refractivity contribution is -0.118. The molecule has 1 atom stereocenters. The van der Waals surface area contributed by atoms with Gasteiger partial charge in [-0.25, -0.2) is 0 Å². The minimum absolute atomic E-state index is 0.0706. The smallest absolute Gasteiger partial charge is 0.259 e. The third-order valence-electron chi connectivity index (χ3n) is 2.67. The molecule has 2 N–H and O–H groups in total. The first-order chi connectivity index (χ1) is 6.83. The third-order valence-corrected chi connectivity index (χ3v) is 4.06. The summed E-state index contributed by atoms with van der Waals surface area (Å²) in [4.78, 5) is 11.4. The van der Waals surface area contributed by atoms with Crippen molar-refractivity contribution in [2.24, 2.45) is 0 Å². The van der Waals surface area contributed by atoms with Crippen LogP contribution >= 0.6 is 11.8 Å². The zero-order valence-corrected chi connectivity index (χ0v) is 8.36. The number of hydrogen-bond donors (Lipinski definition) is 2. The number of carbonyl (C=O) groups excluding carboxylic acids is 1. The fraction of sp³-hybridized carbons (Fsp3) is 0.300. The lowest BCUT2D eigenvalue weighted by Crippen LogP contribution is -2.40. The second kappa shape index (κ2) is 2.74. The standard InChI is InChI=1S/C10H10N2OS/c13-9-10(11-5-6-14-10)7-3-1-2-4-8(7)12-9/h1-4,11H,5-6H2,(H,12,13). The van der Waals surface area contributed by atoms with Crippen LogP contribution in [-0.4, -0.2) is 18.2 Å². The van der Waals surface area contributed by atoms with Gasteiger partial charge in [-0.2, -0.15) is 0 Å². The lowest BCUT2D eigenvalue weighted by Gasteiger charge is -2.19. The highest BCUT2D eigenvalue weighted by atomic mass is 32.2. The number of nitrogens with one attached hydrogen (secondary N) is 2. The molecule has 1 unspecified atom stereocenters. The summed E-state index contributed by atoms with van der Waals surface area (Å²) in [6.07, 6.45) is 0. The Hall–Kier alpha value is -1.00. The van der Waals surface area contributed by atoms with E-state index in [0.717, 1.165) is 23.5 Å². The quantitative estimate of drug-likeness (QED) is 0.668. The summed E-state index contributed by atoms with van der Waals surface area (Å²) in [6.45, 7) is 0.895. The van der Waals surface area contributed by atoms with Gasteiger partial charge in [0, 0.05) is 23.5 Å². The van der Waals surface area contributed by atoms with Crippen molar-refractivity contribution in [2.75, 3.05) is 17.6 Å². The fourth-order valence-corrected chi connectivity index (χ4v) is 3.26. The Kier molecular flexibility index (Phi) is 1.63. The minimum Gasteiger partial charge on any atom is -0.323 e. The predicted octanol–water partition coefficient (Wildman–Crippen LogP) is 1.13. The molecule has 3 rings (SSSR count). The molecule has 1 spiro atoms. The molecule has 0 radical (unpaired) electrons. The van der Waals surface area contributed by atoms with E-state index < -0.39 is 4.87 Å². The molecule has 3 nitrogen and oxygen atoms in total. The van der Waals surface area contributed by atoms with Crippen molar-refractivity contribution in [3.8, 4) is 0 Å². The molecule has 72 valence electrons. The maximum atomic E-state index is 11.9. The van der Waals surface area contributed by atoms with Crippen LogP contribution in [0, 0.1) is 0 Å². The molecule has 1 saturated heterocycles. The van der Waals surface area contributed by atoms with Crippen molar-refractivity contribution < 1.29 is 4.79 Å². The molecular formula is C10H10N2OS. The Morgan fingerprint density at radius 1 is 1.36 bits per heavy atom. The van der Waals surface area contributed by atoms with Crippen LogP contribution in [0.1, 0.15) is 5.56 Å². The average molecular weight is 206 g/mol. The van der Waals surface area contributed by atoms with Crippen LogP contribution in [0.2, 0.25) is 0 Å². The van der Waals surface area contributed by atoms with Crippen molar-refractivity contribution in [1.82, 2.24) is 5.32 Å². The van der Waals surface area contributed by atoms with E-state index in [2.05, 4.69) is 10.6 Å². The Labute approximate surface area is 86.3 Å². The van der Waals surface area contributed by atoms with Crippen molar-refractivity contribution in [1.29, 1.82) is 0 Å². The molecule has 2 heterocycles. The van der Waals surface area contributed by atoms with Gasteiger partial charge in [0.2, 0.25) is 0 Å². The number of fused-ring (bicyclic) bond motifs is 2. The second-order valence-electron chi connectivity index (χ2n) is 3.46. The number of para-hydroxylation sites is 1. The number of anilines is 1. The van der Waals surface area contributed by atoms with Gasteiger partial charge in [0.1, 0.15) is 0 Å². The van der Waals surface area contributed by atoms with E-state index in [-0.39, 0.29) is 5.91 Å². The van der Waals surface area contributed by atoms with Gasteiger partial charge < -0.3 is 5.32 Å². The SMILES string of the molecule is O=C1Nc2ccccc2C12NCCS2. The molecule has 2 aliphatic heterocycles. The van der Waals surface area contributed by atoms with E-state index in [9.17, 15) is 4.79 Å². The van der Waals surface area contributed by atoms with Gasteiger partial charge in [0.25, 0.3) is 5.91 Å². The highest BCUT2D eigenvalue weighted by Crippen LogP contribution is 2.45. The van der Waals surface area contributed by atoms with Crippen LogP contribution in [0.4, 0.5) is 5.69 Å². The molecule has 0 aromatic heterocycles. The molecule has 4 heteroatoms. The van der Waals surface area contributed by atoms with Gasteiger partial charge >= 0.3 is 0 Å². The average Bonchev–Trinajstić information content (AvgIpc) is 2.77. The molecule has 1 aromatic rings. The summed E-state index contributed by atoms with van der Waals surface area (Å²) in [5.41, 5.74) is 2.02. The van der Waals surface area contributed by atoms with Crippen LogP contribution in [0.5, 0.6) is 0 Å². The summed E-state index contributed by atoms with van der Waals surface area (Å²) in [6, 6.07) is 7.88. The predicted molar refractivity (Wildman–Crippen MR) is 57.2 cm³/mol. The zero-order valence-electron chi connectivity index (χ0n) is 7.54. The minimum atomic E-state index is -0.503. The third kappa shape index (κ3) is 0.898. The lowest BCUT2D eigenvalue weighted by atomic mass is 10.1. The number of thioether (sulfide) groups is 1. The Bertz CT molecular complexity index is 399. The Morgan fingerprint density at radius 3 is 3.00 bits per heavy atom. The van der Waals surface area contributed by atoms with Crippen LogP contribution < -0.4 is 10.6 Å². The van der Waals surface area contributed by atoms with Gasteiger partial charge in [-0.15, -0.1) is 11.8 Å². The molecule has 2 aliphatic rings. The molecule has 1 aromatic carbocycles. The number of benzene rings is 1. The fourth-order valence-electron chi connectivity index (χ4n) is 2.03. The molecular weight excluding hydrogens is 196 g/mol. The first kappa shape index (κ1) is 8.32. The maximum absolute atomic E-state index is 11.9. The molecule has 0 bridgehead atoms. The maximum Gasteiger partial charge on any atom is 0.259 e. The first-order valence-corrected chi connectivity index (χ1v) is 5.61. The van der Waals surface area contributed by atoms with Gasteiger partial charge in [-0.1, -0.05) is 18.2 Å². The molecule has 1 fully saturated rings. The Morgan fingerprint density at radius 2 is 2.21 bits per heavy atom. The number of rotatable bonds is 0. The summed E-state index contributed by atoms with van der Waals surface area (Å²) >= 11 is 1.68. The topological polar surface area (TPSA) is 41.1 Å². The van der Waals surface area contributed by atoms with Gasteiger partial charge in [0.05, 0.1) is 0 Å². The van der Waals surface area contributed by atoms with Crippen molar-refractivity contribution in [3.63, 3.8) is 0 Å². The monoisotopic (exact) mass is 206 g/mol. The normalized spacial score (nSPS) is 29.3.